The number of fused-ring (bicyclic) bond motifs is 1. The summed E-state index contributed by atoms with van der Waals surface area (Å²) in [5.74, 6) is 0.819. The van der Waals surface area contributed by atoms with Crippen molar-refractivity contribution >= 4 is 11.9 Å². The first kappa shape index (κ1) is 16.6. The molecule has 0 spiro atoms. The zero-order valence-electron chi connectivity index (χ0n) is 14.6. The summed E-state index contributed by atoms with van der Waals surface area (Å²) < 4.78 is 14.2. The average molecular weight is 329 g/mol. The van der Waals surface area contributed by atoms with Crippen molar-refractivity contribution in [3.05, 3.63) is 40.7 Å². The number of hydrogen-bond donors (Lipinski definition) is 2. The minimum absolute atomic E-state index is 0.0285. The van der Waals surface area contributed by atoms with E-state index in [0.717, 1.165) is 12.8 Å². The van der Waals surface area contributed by atoms with E-state index >= 15 is 0 Å². The van der Waals surface area contributed by atoms with Crippen LogP contribution in [0.15, 0.2) is 18.2 Å². The molecule has 2 aromatic rings. The van der Waals surface area contributed by atoms with E-state index in [1.165, 1.54) is 30.5 Å². The molecule has 0 aliphatic heterocycles. The maximum absolute atomic E-state index is 14.2. The van der Waals surface area contributed by atoms with Gasteiger partial charge in [-0.05, 0) is 50.7 Å². The van der Waals surface area contributed by atoms with Crippen LogP contribution in [0.5, 0.6) is 0 Å². The maximum atomic E-state index is 14.2. The number of nitrogen functional groups attached to an aromatic ring is 1. The number of hydrogen-bond acceptors (Lipinski definition) is 5. The fraction of sp³-hybridized carbons (Fsp3) is 0.500. The fourth-order valence-corrected chi connectivity index (χ4v) is 3.19. The molecule has 0 saturated carbocycles. The quantitative estimate of drug-likeness (QED) is 0.898. The number of rotatable bonds is 3. The van der Waals surface area contributed by atoms with Crippen molar-refractivity contribution in [3.8, 4) is 0 Å². The van der Waals surface area contributed by atoms with Gasteiger partial charge in [-0.25, -0.2) is 4.39 Å². The molecule has 1 heterocycles. The van der Waals surface area contributed by atoms with E-state index in [4.69, 9.17) is 5.73 Å². The number of alkyl halides is 1. The predicted octanol–water partition coefficient (Wildman–Crippen LogP) is 3.70. The molecule has 3 rings (SSSR count). The van der Waals surface area contributed by atoms with Gasteiger partial charge in [-0.15, -0.1) is 0 Å². The smallest absolute Gasteiger partial charge is 0.228 e. The molecule has 5 nitrogen and oxygen atoms in total. The number of nitrogens with zero attached hydrogens (tertiary/aromatic N) is 3. The van der Waals surface area contributed by atoms with E-state index in [1.54, 1.807) is 0 Å². The molecule has 1 unspecified atom stereocenters. The fourth-order valence-electron chi connectivity index (χ4n) is 3.19. The van der Waals surface area contributed by atoms with E-state index < -0.39 is 5.67 Å². The van der Waals surface area contributed by atoms with E-state index in [-0.39, 0.29) is 17.8 Å². The van der Waals surface area contributed by atoms with Crippen LogP contribution in [-0.4, -0.2) is 15.0 Å². The summed E-state index contributed by atoms with van der Waals surface area (Å²) in [6, 6.07) is 6.58. The molecular weight excluding hydrogens is 305 g/mol. The van der Waals surface area contributed by atoms with Crippen molar-refractivity contribution in [1.82, 2.24) is 15.0 Å². The molecule has 1 aromatic heterocycles. The summed E-state index contributed by atoms with van der Waals surface area (Å²) in [4.78, 5) is 12.3. The molecule has 0 radical (unpaired) electrons. The van der Waals surface area contributed by atoms with Crippen LogP contribution >= 0.6 is 0 Å². The number of benzene rings is 1. The molecule has 0 saturated heterocycles. The summed E-state index contributed by atoms with van der Waals surface area (Å²) >= 11 is 0. The molecule has 0 fully saturated rings. The Balaban J connectivity index is 1.95. The molecule has 128 valence electrons. The molecular formula is C18H24FN5. The van der Waals surface area contributed by atoms with Crippen LogP contribution < -0.4 is 11.1 Å². The van der Waals surface area contributed by atoms with Gasteiger partial charge in [0.15, 0.2) is 11.5 Å². The van der Waals surface area contributed by atoms with Gasteiger partial charge in [0.2, 0.25) is 11.9 Å². The SMILES string of the molecule is Cc1ccc2c(c1)CC[C@@H](C)C2Nc1nc(N)nc(C(C)(C)F)n1. The number of nitrogens with two attached hydrogens (primary N) is 1. The monoisotopic (exact) mass is 329 g/mol. The lowest BCUT2D eigenvalue weighted by molar-refractivity contribution is 0.206. The molecule has 0 bridgehead atoms. The van der Waals surface area contributed by atoms with Gasteiger partial charge in [0, 0.05) is 0 Å². The summed E-state index contributed by atoms with van der Waals surface area (Å²) in [5, 5.41) is 3.35. The van der Waals surface area contributed by atoms with Gasteiger partial charge in [0.25, 0.3) is 0 Å². The minimum atomic E-state index is -1.67. The van der Waals surface area contributed by atoms with Crippen LogP contribution in [0.4, 0.5) is 16.3 Å². The molecule has 1 aliphatic rings. The first-order valence-corrected chi connectivity index (χ1v) is 8.31. The summed E-state index contributed by atoms with van der Waals surface area (Å²) in [5.41, 5.74) is 7.93. The highest BCUT2D eigenvalue weighted by molar-refractivity contribution is 5.42. The standard InChI is InChI=1S/C18H24FN5/c1-10-5-8-13-12(9-10)7-6-11(2)14(13)21-17-23-15(18(3,4)19)22-16(20)24-17/h5,8-9,11,14H,6-7H2,1-4H3,(H3,20,21,22,23,24)/t11-,14?/m1/s1. The highest BCUT2D eigenvalue weighted by atomic mass is 19.1. The van der Waals surface area contributed by atoms with Gasteiger partial charge in [0.1, 0.15) is 0 Å². The second kappa shape index (κ2) is 6.00. The van der Waals surface area contributed by atoms with Crippen LogP contribution in [0.25, 0.3) is 0 Å². The Labute approximate surface area is 141 Å². The number of anilines is 2. The Morgan fingerprint density at radius 2 is 2.00 bits per heavy atom. The summed E-state index contributed by atoms with van der Waals surface area (Å²) in [7, 11) is 0. The van der Waals surface area contributed by atoms with Crippen LogP contribution in [-0.2, 0) is 12.1 Å². The van der Waals surface area contributed by atoms with Crippen LogP contribution in [0.1, 0.15) is 55.7 Å². The van der Waals surface area contributed by atoms with Gasteiger partial charge in [-0.1, -0.05) is 30.7 Å². The molecule has 3 N–H and O–H groups in total. The van der Waals surface area contributed by atoms with E-state index in [9.17, 15) is 4.39 Å². The van der Waals surface area contributed by atoms with Gasteiger partial charge < -0.3 is 11.1 Å². The van der Waals surface area contributed by atoms with Gasteiger partial charge in [-0.3, -0.25) is 0 Å². The van der Waals surface area contributed by atoms with Crippen molar-refractivity contribution in [2.75, 3.05) is 11.1 Å². The van der Waals surface area contributed by atoms with E-state index in [2.05, 4.69) is 52.3 Å². The molecule has 1 aromatic carbocycles. The second-order valence-electron chi connectivity index (χ2n) is 7.15. The molecule has 1 aliphatic carbocycles. The number of nitrogens with one attached hydrogen (secondary N) is 1. The lowest BCUT2D eigenvalue weighted by atomic mass is 9.80. The third-order valence-electron chi connectivity index (χ3n) is 4.54. The van der Waals surface area contributed by atoms with Crippen LogP contribution in [0.3, 0.4) is 0 Å². The van der Waals surface area contributed by atoms with Crippen LogP contribution in [0, 0.1) is 12.8 Å². The van der Waals surface area contributed by atoms with E-state index in [0.29, 0.717) is 11.9 Å². The Morgan fingerprint density at radius 1 is 1.25 bits per heavy atom. The molecule has 2 atom stereocenters. The average Bonchev–Trinajstić information content (AvgIpc) is 2.49. The Kier molecular flexibility index (Phi) is 4.15. The molecule has 24 heavy (non-hydrogen) atoms. The first-order valence-electron chi connectivity index (χ1n) is 8.31. The zero-order chi connectivity index (χ0) is 17.5. The summed E-state index contributed by atoms with van der Waals surface area (Å²) in [6.45, 7) is 7.12. The lowest BCUT2D eigenvalue weighted by Crippen LogP contribution is -2.27. The highest BCUT2D eigenvalue weighted by Crippen LogP contribution is 2.36. The zero-order valence-corrected chi connectivity index (χ0v) is 14.6. The van der Waals surface area contributed by atoms with Gasteiger partial charge in [-0.2, -0.15) is 15.0 Å². The highest BCUT2D eigenvalue weighted by Gasteiger charge is 2.29. The normalized spacial score (nSPS) is 20.5. The predicted molar refractivity (Wildman–Crippen MR) is 93.4 cm³/mol. The molecule has 6 heteroatoms. The van der Waals surface area contributed by atoms with Crippen molar-refractivity contribution in [3.63, 3.8) is 0 Å². The number of halogens is 1. The number of aromatic nitrogens is 3. The minimum Gasteiger partial charge on any atom is -0.368 e. The largest absolute Gasteiger partial charge is 0.368 e. The second-order valence-corrected chi connectivity index (χ2v) is 7.15. The van der Waals surface area contributed by atoms with Crippen molar-refractivity contribution < 1.29 is 4.39 Å². The number of aryl methyl sites for hydroxylation is 2. The summed E-state index contributed by atoms with van der Waals surface area (Å²) in [6.07, 6.45) is 2.15. The third-order valence-corrected chi connectivity index (χ3v) is 4.54. The van der Waals surface area contributed by atoms with Gasteiger partial charge >= 0.3 is 0 Å². The Bertz CT molecular complexity index is 754. The van der Waals surface area contributed by atoms with Crippen molar-refractivity contribution in [2.24, 2.45) is 5.92 Å². The van der Waals surface area contributed by atoms with E-state index in [1.807, 2.05) is 0 Å². The van der Waals surface area contributed by atoms with Crippen LogP contribution in [0.2, 0.25) is 0 Å². The Hall–Kier alpha value is -2.24. The third kappa shape index (κ3) is 3.32. The lowest BCUT2D eigenvalue weighted by Gasteiger charge is -2.32. The van der Waals surface area contributed by atoms with Crippen molar-refractivity contribution in [1.29, 1.82) is 0 Å². The molecule has 0 amide bonds. The topological polar surface area (TPSA) is 76.7 Å². The van der Waals surface area contributed by atoms with Crippen molar-refractivity contribution in [2.45, 2.75) is 52.2 Å². The van der Waals surface area contributed by atoms with Gasteiger partial charge in [0.05, 0.1) is 6.04 Å². The Morgan fingerprint density at radius 3 is 2.71 bits per heavy atom. The maximum Gasteiger partial charge on any atom is 0.228 e. The first-order chi connectivity index (χ1) is 11.2.